The Hall–Kier alpha value is -2.83. The summed E-state index contributed by atoms with van der Waals surface area (Å²) in [6, 6.07) is 9.91. The van der Waals surface area contributed by atoms with Crippen LogP contribution in [-0.4, -0.2) is 50.3 Å². The molecule has 156 valence electrons. The van der Waals surface area contributed by atoms with Gasteiger partial charge in [-0.25, -0.2) is 4.79 Å². The number of carbonyl (C=O) groups is 2. The molecule has 0 unspecified atom stereocenters. The van der Waals surface area contributed by atoms with Crippen molar-refractivity contribution >= 4 is 12.0 Å². The van der Waals surface area contributed by atoms with Crippen LogP contribution in [0.5, 0.6) is 0 Å². The molecule has 3 rings (SSSR count). The normalized spacial score (nSPS) is 13.8. The number of amides is 2. The Kier molecular flexibility index (Phi) is 5.96. The Balaban J connectivity index is 1.83. The van der Waals surface area contributed by atoms with Crippen LogP contribution in [0.2, 0.25) is 0 Å². The highest BCUT2D eigenvalue weighted by molar-refractivity contribution is 5.94. The minimum Gasteiger partial charge on any atom is -0.444 e. The Bertz CT molecular complexity index is 883. The molecule has 2 aromatic rings. The molecule has 1 aliphatic heterocycles. The zero-order chi connectivity index (χ0) is 21.2. The molecule has 29 heavy (non-hydrogen) atoms. The Morgan fingerprint density at radius 3 is 2.52 bits per heavy atom. The van der Waals surface area contributed by atoms with Crippen molar-refractivity contribution in [3.63, 3.8) is 0 Å². The van der Waals surface area contributed by atoms with E-state index in [0.29, 0.717) is 38.3 Å². The highest BCUT2D eigenvalue weighted by Gasteiger charge is 2.32. The molecule has 2 amide bonds. The zero-order valence-corrected chi connectivity index (χ0v) is 17.9. The molecule has 0 N–H and O–H groups in total. The van der Waals surface area contributed by atoms with Crippen molar-refractivity contribution in [3.05, 3.63) is 52.8 Å². The van der Waals surface area contributed by atoms with Crippen molar-refractivity contribution in [2.45, 2.75) is 52.8 Å². The van der Waals surface area contributed by atoms with Crippen LogP contribution in [0.3, 0.4) is 0 Å². The molecule has 1 aromatic heterocycles. The predicted molar refractivity (Wildman–Crippen MR) is 110 cm³/mol. The van der Waals surface area contributed by atoms with Gasteiger partial charge < -0.3 is 14.5 Å². The van der Waals surface area contributed by atoms with Crippen LogP contribution in [0, 0.1) is 0 Å². The van der Waals surface area contributed by atoms with Gasteiger partial charge in [0, 0.05) is 44.4 Å². The van der Waals surface area contributed by atoms with Gasteiger partial charge >= 0.3 is 6.09 Å². The van der Waals surface area contributed by atoms with Crippen LogP contribution < -0.4 is 0 Å². The summed E-state index contributed by atoms with van der Waals surface area (Å²) >= 11 is 0. The number of benzene rings is 1. The monoisotopic (exact) mass is 398 g/mol. The third-order valence-corrected chi connectivity index (χ3v) is 4.98. The smallest absolute Gasteiger partial charge is 0.410 e. The van der Waals surface area contributed by atoms with Crippen molar-refractivity contribution in [1.29, 1.82) is 0 Å². The lowest BCUT2D eigenvalue weighted by Gasteiger charge is -2.30. The van der Waals surface area contributed by atoms with Gasteiger partial charge in [0.15, 0.2) is 5.69 Å². The molecule has 0 radical (unpaired) electrons. The average molecular weight is 399 g/mol. The van der Waals surface area contributed by atoms with E-state index in [2.05, 4.69) is 5.10 Å². The fraction of sp³-hybridized carbons (Fsp3) is 0.500. The molecule has 7 nitrogen and oxygen atoms in total. The molecular formula is C22H30N4O3. The van der Waals surface area contributed by atoms with Gasteiger partial charge in [0.1, 0.15) is 5.60 Å². The van der Waals surface area contributed by atoms with Crippen molar-refractivity contribution in [2.75, 3.05) is 13.1 Å². The van der Waals surface area contributed by atoms with Crippen molar-refractivity contribution in [1.82, 2.24) is 19.6 Å². The second kappa shape index (κ2) is 8.27. The van der Waals surface area contributed by atoms with E-state index in [-0.39, 0.29) is 12.0 Å². The summed E-state index contributed by atoms with van der Waals surface area (Å²) in [6.45, 7) is 9.50. The second-order valence-electron chi connectivity index (χ2n) is 8.35. The van der Waals surface area contributed by atoms with Gasteiger partial charge in [-0.3, -0.25) is 9.48 Å². The van der Waals surface area contributed by atoms with E-state index in [1.54, 1.807) is 14.5 Å². The maximum atomic E-state index is 13.3. The lowest BCUT2D eigenvalue weighted by Crippen LogP contribution is -2.40. The number of hydrogen-bond donors (Lipinski definition) is 0. The van der Waals surface area contributed by atoms with E-state index in [0.717, 1.165) is 16.8 Å². The first-order chi connectivity index (χ1) is 13.7. The van der Waals surface area contributed by atoms with Crippen LogP contribution >= 0.6 is 0 Å². The van der Waals surface area contributed by atoms with E-state index in [4.69, 9.17) is 4.74 Å². The SMILES string of the molecule is CCN(Cc1ccccc1)C(=O)c1nn(C)c2c1CN(C(=O)OC(C)(C)C)CC2. The molecular weight excluding hydrogens is 368 g/mol. The highest BCUT2D eigenvalue weighted by atomic mass is 16.6. The fourth-order valence-corrected chi connectivity index (χ4v) is 3.53. The van der Waals surface area contributed by atoms with E-state index < -0.39 is 5.60 Å². The van der Waals surface area contributed by atoms with Crippen LogP contribution in [0.15, 0.2) is 30.3 Å². The number of fused-ring (bicyclic) bond motifs is 1. The van der Waals surface area contributed by atoms with Gasteiger partial charge in [-0.15, -0.1) is 0 Å². The van der Waals surface area contributed by atoms with Gasteiger partial charge in [-0.1, -0.05) is 30.3 Å². The number of nitrogens with zero attached hydrogens (tertiary/aromatic N) is 4. The molecule has 1 aromatic carbocycles. The molecule has 1 aliphatic rings. The molecule has 0 saturated carbocycles. The highest BCUT2D eigenvalue weighted by Crippen LogP contribution is 2.25. The van der Waals surface area contributed by atoms with Crippen molar-refractivity contribution < 1.29 is 14.3 Å². The minimum absolute atomic E-state index is 0.112. The summed E-state index contributed by atoms with van der Waals surface area (Å²) in [5, 5.41) is 4.52. The first-order valence-corrected chi connectivity index (χ1v) is 10.1. The Morgan fingerprint density at radius 1 is 1.21 bits per heavy atom. The van der Waals surface area contributed by atoms with Gasteiger partial charge in [0.05, 0.1) is 6.54 Å². The second-order valence-corrected chi connectivity index (χ2v) is 8.35. The number of ether oxygens (including phenoxy) is 1. The van der Waals surface area contributed by atoms with Gasteiger partial charge in [-0.05, 0) is 33.3 Å². The van der Waals surface area contributed by atoms with Crippen LogP contribution in [0.4, 0.5) is 4.79 Å². The number of rotatable bonds is 4. The summed E-state index contributed by atoms with van der Waals surface area (Å²) in [5.41, 5.74) is 2.76. The summed E-state index contributed by atoms with van der Waals surface area (Å²) < 4.78 is 7.28. The quantitative estimate of drug-likeness (QED) is 0.792. The molecule has 0 atom stereocenters. The van der Waals surface area contributed by atoms with Gasteiger partial charge in [0.25, 0.3) is 5.91 Å². The summed E-state index contributed by atoms with van der Waals surface area (Å²) in [6.07, 6.45) is 0.290. The predicted octanol–water partition coefficient (Wildman–Crippen LogP) is 3.38. The maximum absolute atomic E-state index is 13.3. The fourth-order valence-electron chi connectivity index (χ4n) is 3.53. The first kappa shape index (κ1) is 20.9. The van der Waals surface area contributed by atoms with Gasteiger partial charge in [-0.2, -0.15) is 5.10 Å². The number of hydrogen-bond acceptors (Lipinski definition) is 4. The zero-order valence-electron chi connectivity index (χ0n) is 17.9. The van der Waals surface area contributed by atoms with Crippen molar-refractivity contribution in [2.24, 2.45) is 7.05 Å². The number of aryl methyl sites for hydroxylation is 1. The summed E-state index contributed by atoms with van der Waals surface area (Å²) in [7, 11) is 1.85. The molecule has 0 bridgehead atoms. The topological polar surface area (TPSA) is 67.7 Å². The van der Waals surface area contributed by atoms with Gasteiger partial charge in [0.2, 0.25) is 0 Å². The molecule has 0 saturated heterocycles. The summed E-state index contributed by atoms with van der Waals surface area (Å²) in [4.78, 5) is 29.2. The third-order valence-electron chi connectivity index (χ3n) is 4.98. The van der Waals surface area contributed by atoms with Crippen molar-refractivity contribution in [3.8, 4) is 0 Å². The molecule has 0 fully saturated rings. The molecule has 0 spiro atoms. The Labute approximate surface area is 172 Å². The standard InChI is InChI=1S/C22H30N4O3/c1-6-25(14-16-10-8-7-9-11-16)20(27)19-17-15-26(21(28)29-22(2,3)4)13-12-18(17)24(5)23-19/h7-11H,6,12-15H2,1-5H3. The Morgan fingerprint density at radius 2 is 1.90 bits per heavy atom. The lowest BCUT2D eigenvalue weighted by atomic mass is 10.0. The maximum Gasteiger partial charge on any atom is 0.410 e. The van der Waals surface area contributed by atoms with E-state index in [1.807, 2.05) is 65.1 Å². The van der Waals surface area contributed by atoms with E-state index in [1.165, 1.54) is 0 Å². The largest absolute Gasteiger partial charge is 0.444 e. The van der Waals surface area contributed by atoms with Crippen LogP contribution in [-0.2, 0) is 31.3 Å². The minimum atomic E-state index is -0.556. The van der Waals surface area contributed by atoms with E-state index >= 15 is 0 Å². The summed E-state index contributed by atoms with van der Waals surface area (Å²) in [5.74, 6) is -0.112. The average Bonchev–Trinajstić information content (AvgIpc) is 3.01. The number of aromatic nitrogens is 2. The van der Waals surface area contributed by atoms with E-state index in [9.17, 15) is 9.59 Å². The third kappa shape index (κ3) is 4.78. The lowest BCUT2D eigenvalue weighted by molar-refractivity contribution is 0.0221. The first-order valence-electron chi connectivity index (χ1n) is 10.1. The molecule has 0 aliphatic carbocycles. The molecule has 2 heterocycles. The van der Waals surface area contributed by atoms with Crippen LogP contribution in [0.1, 0.15) is 55.0 Å². The number of carbonyl (C=O) groups excluding carboxylic acids is 2. The van der Waals surface area contributed by atoms with Crippen LogP contribution in [0.25, 0.3) is 0 Å². The molecule has 7 heteroatoms.